The molecule has 1 aliphatic carbocycles. The molecule has 12 atom stereocenters. The van der Waals surface area contributed by atoms with Gasteiger partial charge in [0.15, 0.2) is 6.29 Å². The van der Waals surface area contributed by atoms with Gasteiger partial charge in [0, 0.05) is 18.0 Å². The SMILES string of the molecule is CN[C@@H]1[C@@H](O)[C@@H](O[C@H]2[C@H](NC(=O)[C@@H](O)CCN)C[C@H](N)C([C@H]3OC(CN)=CC[C@H]3NCCCCN)[C@@H]2O)OC[C@]1(C)O. The molecule has 42 heavy (non-hydrogen) atoms. The second kappa shape index (κ2) is 16.0. The number of ether oxygens (including phenoxy) is 3. The number of carbonyl (C=O) groups is 1. The Labute approximate surface area is 247 Å². The highest BCUT2D eigenvalue weighted by molar-refractivity contribution is 5.80. The maximum absolute atomic E-state index is 12.8. The molecule has 0 aromatic rings. The third kappa shape index (κ3) is 8.37. The standard InChI is InChI=1S/C27H53N7O8/c1-27(39)13-40-26(21(37)24(27)32-2)42-23-17(34-25(38)18(35)7-9-29)11-15(31)19(20(23)36)22-16(33-10-4-3-8-28)6-5-14(12-30)41-22/h5,15-24,26,32-33,35-37,39H,3-4,6-13,28-31H2,1-2H3,(H,34,38)/t15-,16+,17+,18-,19?,20-,21+,22-,23-,24+,26+,27-/m0/s1. The van der Waals surface area contributed by atoms with Crippen LogP contribution in [0.1, 0.15) is 39.0 Å². The predicted octanol–water partition coefficient (Wildman–Crippen LogP) is -4.34. The first-order valence-electron chi connectivity index (χ1n) is 14.9. The largest absolute Gasteiger partial charge is 0.492 e. The Morgan fingerprint density at radius 1 is 1.19 bits per heavy atom. The fourth-order valence-corrected chi connectivity index (χ4v) is 6.27. The zero-order valence-corrected chi connectivity index (χ0v) is 24.7. The molecule has 1 amide bonds. The van der Waals surface area contributed by atoms with Crippen LogP contribution in [-0.2, 0) is 19.0 Å². The number of amides is 1. The highest BCUT2D eigenvalue weighted by Crippen LogP contribution is 2.37. The van der Waals surface area contributed by atoms with Gasteiger partial charge in [-0.25, -0.2) is 0 Å². The van der Waals surface area contributed by atoms with Gasteiger partial charge in [-0.15, -0.1) is 0 Å². The monoisotopic (exact) mass is 603 g/mol. The Balaban J connectivity index is 1.89. The number of rotatable bonds is 14. The molecular weight excluding hydrogens is 550 g/mol. The summed E-state index contributed by atoms with van der Waals surface area (Å²) in [6, 6.07) is -2.48. The minimum absolute atomic E-state index is 0.0479. The number of aliphatic hydroxyl groups excluding tert-OH is 3. The summed E-state index contributed by atoms with van der Waals surface area (Å²) in [6.45, 7) is 2.94. The van der Waals surface area contributed by atoms with Gasteiger partial charge in [-0.05, 0) is 71.8 Å². The smallest absolute Gasteiger partial charge is 0.249 e. The molecule has 2 fully saturated rings. The minimum atomic E-state index is -1.38. The van der Waals surface area contributed by atoms with Crippen LogP contribution in [0.4, 0.5) is 0 Å². The van der Waals surface area contributed by atoms with Gasteiger partial charge in [-0.3, -0.25) is 4.79 Å². The lowest BCUT2D eigenvalue weighted by Crippen LogP contribution is -2.69. The number of nitrogens with two attached hydrogens (primary N) is 4. The van der Waals surface area contributed by atoms with Crippen LogP contribution in [0, 0.1) is 5.92 Å². The van der Waals surface area contributed by atoms with Crippen molar-refractivity contribution in [1.82, 2.24) is 16.0 Å². The van der Waals surface area contributed by atoms with Crippen LogP contribution < -0.4 is 38.9 Å². The second-order valence-corrected chi connectivity index (χ2v) is 11.8. The number of nitrogens with one attached hydrogen (secondary N) is 3. The van der Waals surface area contributed by atoms with E-state index in [2.05, 4.69) is 16.0 Å². The Bertz CT molecular complexity index is 883. The third-order valence-corrected chi connectivity index (χ3v) is 8.55. The van der Waals surface area contributed by atoms with E-state index in [-0.39, 0.29) is 38.6 Å². The molecule has 0 aromatic carbocycles. The van der Waals surface area contributed by atoms with Crippen molar-refractivity contribution >= 4 is 5.91 Å². The first-order valence-corrected chi connectivity index (χ1v) is 14.9. The summed E-state index contributed by atoms with van der Waals surface area (Å²) in [5, 5.41) is 53.0. The van der Waals surface area contributed by atoms with Gasteiger partial charge in [0.25, 0.3) is 0 Å². The lowest BCUT2D eigenvalue weighted by Gasteiger charge is -2.51. The van der Waals surface area contributed by atoms with Gasteiger partial charge in [-0.2, -0.15) is 0 Å². The maximum Gasteiger partial charge on any atom is 0.249 e. The van der Waals surface area contributed by atoms with Gasteiger partial charge >= 0.3 is 0 Å². The number of hydrogen-bond acceptors (Lipinski definition) is 14. The molecule has 0 radical (unpaired) electrons. The zero-order valence-electron chi connectivity index (χ0n) is 24.7. The topological polar surface area (TPSA) is 266 Å². The summed E-state index contributed by atoms with van der Waals surface area (Å²) in [4.78, 5) is 12.8. The Hall–Kier alpha value is -1.47. The number of likely N-dealkylation sites (N-methyl/N-ethyl adjacent to an activating group) is 1. The summed E-state index contributed by atoms with van der Waals surface area (Å²) in [5.41, 5.74) is 22.4. The van der Waals surface area contributed by atoms with Gasteiger partial charge < -0.3 is 73.5 Å². The molecular formula is C27H53N7O8. The Kier molecular flexibility index (Phi) is 13.4. The lowest BCUT2D eigenvalue weighted by molar-refractivity contribution is -0.297. The molecule has 1 saturated carbocycles. The molecule has 2 aliphatic heterocycles. The van der Waals surface area contributed by atoms with E-state index in [0.717, 1.165) is 12.8 Å². The molecule has 3 aliphatic rings. The van der Waals surface area contributed by atoms with Crippen molar-refractivity contribution in [2.45, 2.75) is 106 Å². The predicted molar refractivity (Wildman–Crippen MR) is 154 cm³/mol. The van der Waals surface area contributed by atoms with E-state index >= 15 is 0 Å². The number of aliphatic hydroxyl groups is 4. The Morgan fingerprint density at radius 3 is 2.57 bits per heavy atom. The molecule has 2 heterocycles. The van der Waals surface area contributed by atoms with Crippen LogP contribution in [0.2, 0.25) is 0 Å². The summed E-state index contributed by atoms with van der Waals surface area (Å²) < 4.78 is 18.2. The van der Waals surface area contributed by atoms with Crippen LogP contribution in [0.25, 0.3) is 0 Å². The van der Waals surface area contributed by atoms with Crippen LogP contribution in [0.5, 0.6) is 0 Å². The normalized spacial score (nSPS) is 39.7. The van der Waals surface area contributed by atoms with E-state index in [1.165, 1.54) is 6.92 Å². The molecule has 15 heteroatoms. The van der Waals surface area contributed by atoms with E-state index in [1.54, 1.807) is 7.05 Å². The third-order valence-electron chi connectivity index (χ3n) is 8.55. The maximum atomic E-state index is 12.8. The van der Waals surface area contributed by atoms with Crippen molar-refractivity contribution < 1.29 is 39.4 Å². The molecule has 3 rings (SSSR count). The van der Waals surface area contributed by atoms with Crippen molar-refractivity contribution in [3.63, 3.8) is 0 Å². The molecule has 0 spiro atoms. The van der Waals surface area contributed by atoms with Crippen LogP contribution in [0.3, 0.4) is 0 Å². The van der Waals surface area contributed by atoms with Crippen molar-refractivity contribution in [1.29, 1.82) is 0 Å². The molecule has 0 aromatic heterocycles. The number of carbonyl (C=O) groups excluding carboxylic acids is 1. The fraction of sp³-hybridized carbons (Fsp3) is 0.889. The first-order chi connectivity index (χ1) is 20.0. The van der Waals surface area contributed by atoms with Crippen LogP contribution in [-0.4, -0.2) is 133 Å². The van der Waals surface area contributed by atoms with Crippen molar-refractivity contribution in [2.24, 2.45) is 28.9 Å². The summed E-state index contributed by atoms with van der Waals surface area (Å²) in [7, 11) is 1.60. The summed E-state index contributed by atoms with van der Waals surface area (Å²) >= 11 is 0. The van der Waals surface area contributed by atoms with E-state index < -0.39 is 72.4 Å². The minimum Gasteiger partial charge on any atom is -0.492 e. The van der Waals surface area contributed by atoms with Crippen molar-refractivity contribution in [3.05, 3.63) is 11.8 Å². The number of hydrogen-bond donors (Lipinski definition) is 11. The number of unbranched alkanes of at least 4 members (excludes halogenated alkanes) is 1. The second-order valence-electron chi connectivity index (χ2n) is 11.8. The average Bonchev–Trinajstić information content (AvgIpc) is 2.94. The molecule has 0 bridgehead atoms. The lowest BCUT2D eigenvalue weighted by atomic mass is 9.72. The van der Waals surface area contributed by atoms with Gasteiger partial charge in [0.2, 0.25) is 5.91 Å². The zero-order chi connectivity index (χ0) is 31.0. The fourth-order valence-electron chi connectivity index (χ4n) is 6.27. The molecule has 1 saturated heterocycles. The van der Waals surface area contributed by atoms with E-state index in [9.17, 15) is 25.2 Å². The van der Waals surface area contributed by atoms with E-state index in [1.807, 2.05) is 6.08 Å². The van der Waals surface area contributed by atoms with Gasteiger partial charge in [0.05, 0.1) is 31.3 Å². The Morgan fingerprint density at radius 2 is 1.93 bits per heavy atom. The van der Waals surface area contributed by atoms with Crippen molar-refractivity contribution in [2.75, 3.05) is 39.8 Å². The summed E-state index contributed by atoms with van der Waals surface area (Å²) in [5.74, 6) is -0.759. The highest BCUT2D eigenvalue weighted by Gasteiger charge is 2.53. The van der Waals surface area contributed by atoms with E-state index in [0.29, 0.717) is 25.3 Å². The highest BCUT2D eigenvalue weighted by atomic mass is 16.7. The molecule has 15 N–H and O–H groups in total. The van der Waals surface area contributed by atoms with Crippen molar-refractivity contribution in [3.8, 4) is 0 Å². The van der Waals surface area contributed by atoms with E-state index in [4.69, 9.17) is 37.1 Å². The molecule has 244 valence electrons. The quantitative estimate of drug-likeness (QED) is 0.0839. The average molecular weight is 604 g/mol. The first kappa shape index (κ1) is 35.0. The van der Waals surface area contributed by atoms with Crippen LogP contribution in [0.15, 0.2) is 11.8 Å². The van der Waals surface area contributed by atoms with Gasteiger partial charge in [0.1, 0.15) is 35.8 Å². The van der Waals surface area contributed by atoms with Crippen LogP contribution >= 0.6 is 0 Å². The molecule has 1 unspecified atom stereocenters. The molecule has 15 nitrogen and oxygen atoms in total. The van der Waals surface area contributed by atoms with Gasteiger partial charge in [-0.1, -0.05) is 0 Å². The summed E-state index contributed by atoms with van der Waals surface area (Å²) in [6.07, 6.45) is -2.42.